The Labute approximate surface area is 130 Å². The van der Waals surface area contributed by atoms with Crippen molar-refractivity contribution in [3.63, 3.8) is 0 Å². The van der Waals surface area contributed by atoms with E-state index in [1.165, 1.54) is 0 Å². The van der Waals surface area contributed by atoms with Crippen molar-refractivity contribution in [1.82, 2.24) is 14.7 Å². The van der Waals surface area contributed by atoms with Crippen LogP contribution in [-0.4, -0.2) is 34.5 Å². The summed E-state index contributed by atoms with van der Waals surface area (Å²) < 4.78 is 7.34. The maximum atomic E-state index is 12.6. The number of fused-ring (bicyclic) bond motifs is 1. The van der Waals surface area contributed by atoms with Gasteiger partial charge in [-0.05, 0) is 51.7 Å². The smallest absolute Gasteiger partial charge is 0.255 e. The van der Waals surface area contributed by atoms with Crippen molar-refractivity contribution in [2.24, 2.45) is 0 Å². The molecule has 0 aliphatic heterocycles. The van der Waals surface area contributed by atoms with Gasteiger partial charge in [0, 0.05) is 30.7 Å². The van der Waals surface area contributed by atoms with Crippen molar-refractivity contribution < 1.29 is 9.53 Å². The summed E-state index contributed by atoms with van der Waals surface area (Å²) in [5, 5.41) is 3.15. The third-order valence-corrected chi connectivity index (χ3v) is 4.53. The molecular weight excluding hydrogens is 278 g/mol. The lowest BCUT2D eigenvalue weighted by Crippen LogP contribution is -2.38. The number of hydrogen-bond donors (Lipinski definition) is 1. The first-order valence-electron chi connectivity index (χ1n) is 7.87. The molecule has 0 saturated heterocycles. The summed E-state index contributed by atoms with van der Waals surface area (Å²) in [6.07, 6.45) is 6.22. The molecule has 1 amide bonds. The van der Waals surface area contributed by atoms with Crippen molar-refractivity contribution in [2.45, 2.75) is 51.7 Å². The van der Waals surface area contributed by atoms with E-state index in [2.05, 4.69) is 10.3 Å². The SMILES string of the molecule is COC1CCC(NC(=O)c2ccn3c(C)cc(C)nc23)CC1. The first kappa shape index (κ1) is 15.0. The predicted molar refractivity (Wildman–Crippen MR) is 85.2 cm³/mol. The molecule has 2 heterocycles. The van der Waals surface area contributed by atoms with Crippen LogP contribution in [0.2, 0.25) is 0 Å². The minimum atomic E-state index is -0.0270. The molecule has 1 fully saturated rings. The molecular formula is C17H23N3O2. The van der Waals surface area contributed by atoms with Crippen LogP contribution in [0.15, 0.2) is 18.3 Å². The van der Waals surface area contributed by atoms with Gasteiger partial charge in [-0.25, -0.2) is 4.98 Å². The van der Waals surface area contributed by atoms with Crippen LogP contribution >= 0.6 is 0 Å². The van der Waals surface area contributed by atoms with Crippen LogP contribution in [0.3, 0.4) is 0 Å². The Morgan fingerprint density at radius 3 is 2.73 bits per heavy atom. The number of aryl methyl sites for hydroxylation is 2. The highest BCUT2D eigenvalue weighted by molar-refractivity contribution is 6.00. The predicted octanol–water partition coefficient (Wildman–Crippen LogP) is 2.64. The van der Waals surface area contributed by atoms with Gasteiger partial charge < -0.3 is 14.5 Å². The number of ether oxygens (including phenoxy) is 1. The van der Waals surface area contributed by atoms with Crippen LogP contribution in [0.4, 0.5) is 0 Å². The molecule has 1 N–H and O–H groups in total. The summed E-state index contributed by atoms with van der Waals surface area (Å²) in [6, 6.07) is 4.10. The van der Waals surface area contributed by atoms with Gasteiger partial charge in [0.05, 0.1) is 11.7 Å². The molecule has 0 bridgehead atoms. The summed E-state index contributed by atoms with van der Waals surface area (Å²) >= 11 is 0. The van der Waals surface area contributed by atoms with E-state index < -0.39 is 0 Å². The standard InChI is InChI=1S/C17H23N3O2/c1-11-10-12(2)20-9-8-15(16(20)18-11)17(21)19-13-4-6-14(22-3)7-5-13/h8-10,13-14H,4-7H2,1-3H3,(H,19,21). The summed E-state index contributed by atoms with van der Waals surface area (Å²) in [4.78, 5) is 17.1. The van der Waals surface area contributed by atoms with Crippen molar-refractivity contribution in [2.75, 3.05) is 7.11 Å². The molecule has 0 aromatic carbocycles. The van der Waals surface area contributed by atoms with Crippen molar-refractivity contribution >= 4 is 11.6 Å². The molecule has 2 aromatic heterocycles. The van der Waals surface area contributed by atoms with E-state index in [-0.39, 0.29) is 11.9 Å². The van der Waals surface area contributed by atoms with Gasteiger partial charge in [-0.2, -0.15) is 0 Å². The highest BCUT2D eigenvalue weighted by Gasteiger charge is 2.23. The third-order valence-electron chi connectivity index (χ3n) is 4.53. The zero-order chi connectivity index (χ0) is 15.7. The quantitative estimate of drug-likeness (QED) is 0.948. The van der Waals surface area contributed by atoms with Crippen molar-refractivity contribution in [1.29, 1.82) is 0 Å². The highest BCUT2D eigenvalue weighted by Crippen LogP contribution is 2.21. The molecule has 0 unspecified atom stereocenters. The van der Waals surface area contributed by atoms with E-state index in [1.54, 1.807) is 7.11 Å². The number of hydrogen-bond acceptors (Lipinski definition) is 3. The number of carbonyl (C=O) groups excluding carboxylic acids is 1. The fourth-order valence-corrected chi connectivity index (χ4v) is 3.28. The topological polar surface area (TPSA) is 55.6 Å². The van der Waals surface area contributed by atoms with E-state index >= 15 is 0 Å². The van der Waals surface area contributed by atoms with Crippen LogP contribution in [-0.2, 0) is 4.74 Å². The fourth-order valence-electron chi connectivity index (χ4n) is 3.28. The molecule has 118 valence electrons. The third kappa shape index (κ3) is 2.86. The number of nitrogens with zero attached hydrogens (tertiary/aromatic N) is 2. The molecule has 1 aliphatic carbocycles. The monoisotopic (exact) mass is 301 g/mol. The van der Waals surface area contributed by atoms with E-state index in [9.17, 15) is 4.79 Å². The van der Waals surface area contributed by atoms with Crippen LogP contribution in [0.1, 0.15) is 47.4 Å². The lowest BCUT2D eigenvalue weighted by atomic mass is 9.93. The Morgan fingerprint density at radius 1 is 1.32 bits per heavy atom. The van der Waals surface area contributed by atoms with Gasteiger partial charge in [-0.3, -0.25) is 4.79 Å². The van der Waals surface area contributed by atoms with E-state index in [0.29, 0.717) is 11.7 Å². The Kier molecular flexibility index (Phi) is 4.16. The molecule has 0 radical (unpaired) electrons. The van der Waals surface area contributed by atoms with Crippen molar-refractivity contribution in [3.05, 3.63) is 35.3 Å². The molecule has 0 atom stereocenters. The zero-order valence-electron chi connectivity index (χ0n) is 13.4. The molecule has 5 nitrogen and oxygen atoms in total. The maximum absolute atomic E-state index is 12.6. The molecule has 1 aliphatic rings. The Morgan fingerprint density at radius 2 is 2.05 bits per heavy atom. The number of carbonyl (C=O) groups is 1. The number of rotatable bonds is 3. The number of amides is 1. The van der Waals surface area contributed by atoms with Gasteiger partial charge >= 0.3 is 0 Å². The largest absolute Gasteiger partial charge is 0.381 e. The van der Waals surface area contributed by atoms with Gasteiger partial charge in [-0.15, -0.1) is 0 Å². The van der Waals surface area contributed by atoms with Crippen LogP contribution < -0.4 is 5.32 Å². The fraction of sp³-hybridized carbons (Fsp3) is 0.529. The summed E-state index contributed by atoms with van der Waals surface area (Å²) in [5.74, 6) is -0.0270. The summed E-state index contributed by atoms with van der Waals surface area (Å²) in [5.41, 5.74) is 3.40. The van der Waals surface area contributed by atoms with Crippen LogP contribution in [0.5, 0.6) is 0 Å². The molecule has 22 heavy (non-hydrogen) atoms. The second-order valence-corrected chi connectivity index (χ2v) is 6.14. The average molecular weight is 301 g/mol. The maximum Gasteiger partial charge on any atom is 0.255 e. The van der Waals surface area contributed by atoms with Gasteiger partial charge in [0.2, 0.25) is 0 Å². The Balaban J connectivity index is 1.76. The van der Waals surface area contributed by atoms with Gasteiger partial charge in [0.25, 0.3) is 5.91 Å². The Hall–Kier alpha value is -1.88. The lowest BCUT2D eigenvalue weighted by molar-refractivity contribution is 0.0599. The first-order valence-corrected chi connectivity index (χ1v) is 7.87. The number of methoxy groups -OCH3 is 1. The average Bonchev–Trinajstić information content (AvgIpc) is 2.92. The molecule has 5 heteroatoms. The highest BCUT2D eigenvalue weighted by atomic mass is 16.5. The first-order chi connectivity index (χ1) is 10.6. The minimum Gasteiger partial charge on any atom is -0.381 e. The minimum absolute atomic E-state index is 0.0270. The zero-order valence-corrected chi connectivity index (χ0v) is 13.4. The van der Waals surface area contributed by atoms with E-state index in [1.807, 2.05) is 36.6 Å². The molecule has 0 spiro atoms. The number of nitrogens with one attached hydrogen (secondary N) is 1. The van der Waals surface area contributed by atoms with Gasteiger partial charge in [0.1, 0.15) is 5.65 Å². The van der Waals surface area contributed by atoms with Crippen molar-refractivity contribution in [3.8, 4) is 0 Å². The second-order valence-electron chi connectivity index (χ2n) is 6.14. The summed E-state index contributed by atoms with van der Waals surface area (Å²) in [7, 11) is 1.76. The summed E-state index contributed by atoms with van der Waals surface area (Å²) in [6.45, 7) is 3.98. The normalized spacial score (nSPS) is 22.0. The lowest BCUT2D eigenvalue weighted by Gasteiger charge is -2.28. The molecule has 2 aromatic rings. The van der Waals surface area contributed by atoms with Gasteiger partial charge in [-0.1, -0.05) is 0 Å². The molecule has 3 rings (SSSR count). The second kappa shape index (κ2) is 6.08. The van der Waals surface area contributed by atoms with Crippen LogP contribution in [0, 0.1) is 13.8 Å². The van der Waals surface area contributed by atoms with Crippen LogP contribution in [0.25, 0.3) is 5.65 Å². The molecule has 1 saturated carbocycles. The van der Waals surface area contributed by atoms with E-state index in [4.69, 9.17) is 4.74 Å². The van der Waals surface area contributed by atoms with E-state index in [0.717, 1.165) is 42.7 Å². The Bertz CT molecular complexity index is 685. The number of aromatic nitrogens is 2. The van der Waals surface area contributed by atoms with Gasteiger partial charge in [0.15, 0.2) is 0 Å².